The van der Waals surface area contributed by atoms with Crippen molar-refractivity contribution in [1.82, 2.24) is 5.32 Å². The Morgan fingerprint density at radius 3 is 2.71 bits per heavy atom. The number of ether oxygens (including phenoxy) is 1. The van der Waals surface area contributed by atoms with E-state index in [9.17, 15) is 9.59 Å². The molecule has 2 N–H and O–H groups in total. The highest BCUT2D eigenvalue weighted by Crippen LogP contribution is 2.16. The van der Waals surface area contributed by atoms with Crippen molar-refractivity contribution in [3.05, 3.63) is 35.5 Å². The number of amides is 1. The van der Waals surface area contributed by atoms with E-state index in [1.807, 2.05) is 6.07 Å². The molecule has 0 aliphatic rings. The molecule has 1 aromatic carbocycles. The quantitative estimate of drug-likeness (QED) is 0.570. The highest BCUT2D eigenvalue weighted by molar-refractivity contribution is 5.96. The highest BCUT2D eigenvalue weighted by atomic mass is 16.5. The molecule has 0 aliphatic carbocycles. The van der Waals surface area contributed by atoms with Crippen LogP contribution in [0.1, 0.15) is 38.7 Å². The van der Waals surface area contributed by atoms with Gasteiger partial charge in [-0.1, -0.05) is 31.9 Å². The zero-order chi connectivity index (χ0) is 15.7. The Labute approximate surface area is 124 Å². The molecule has 0 bridgehead atoms. The Bertz CT molecular complexity index is 523. The maximum absolute atomic E-state index is 11.1. The highest BCUT2D eigenvalue weighted by Gasteiger charge is 2.08. The van der Waals surface area contributed by atoms with Crippen LogP contribution in [0.3, 0.4) is 0 Å². The zero-order valence-electron chi connectivity index (χ0n) is 12.4. The first-order chi connectivity index (χ1) is 10.0. The predicted molar refractivity (Wildman–Crippen MR) is 80.9 cm³/mol. The Morgan fingerprint density at radius 1 is 1.33 bits per heavy atom. The van der Waals surface area contributed by atoms with Gasteiger partial charge >= 0.3 is 5.97 Å². The van der Waals surface area contributed by atoms with E-state index in [0.29, 0.717) is 17.9 Å². The molecule has 0 saturated carbocycles. The fourth-order valence-electron chi connectivity index (χ4n) is 1.74. The van der Waals surface area contributed by atoms with Crippen LogP contribution in [-0.4, -0.2) is 23.6 Å². The molecule has 0 saturated heterocycles. The number of nitrogens with one attached hydrogen (secondary N) is 1. The lowest BCUT2D eigenvalue weighted by Crippen LogP contribution is -2.24. The molecule has 0 unspecified atom stereocenters. The smallest absolute Gasteiger partial charge is 0.352 e. The second-order valence-corrected chi connectivity index (χ2v) is 4.67. The van der Waals surface area contributed by atoms with E-state index in [-0.39, 0.29) is 5.70 Å². The molecule has 5 heteroatoms. The standard InChI is InChI=1S/C16H21NO4/c1-3-4-5-9-21-14-8-6-7-13(10-14)11-15(16(19)20)17-12(2)18/h6-8,10-11H,3-5,9H2,1-2H3,(H,17,18)(H,19,20)/b15-11-. The van der Waals surface area contributed by atoms with Crippen LogP contribution in [0.25, 0.3) is 6.08 Å². The lowest BCUT2D eigenvalue weighted by Gasteiger charge is -2.07. The molecule has 0 atom stereocenters. The lowest BCUT2D eigenvalue weighted by atomic mass is 10.2. The van der Waals surface area contributed by atoms with Gasteiger partial charge in [0, 0.05) is 6.92 Å². The Hall–Kier alpha value is -2.30. The van der Waals surface area contributed by atoms with Crippen LogP contribution in [0.4, 0.5) is 0 Å². The number of unbranched alkanes of at least 4 members (excludes halogenated alkanes) is 2. The van der Waals surface area contributed by atoms with Gasteiger partial charge in [-0.2, -0.15) is 0 Å². The van der Waals surface area contributed by atoms with Crippen LogP contribution in [0.15, 0.2) is 30.0 Å². The van der Waals surface area contributed by atoms with E-state index in [2.05, 4.69) is 12.2 Å². The van der Waals surface area contributed by atoms with Gasteiger partial charge in [0.05, 0.1) is 6.61 Å². The molecular weight excluding hydrogens is 270 g/mol. The largest absolute Gasteiger partial charge is 0.494 e. The van der Waals surface area contributed by atoms with Gasteiger partial charge in [0.25, 0.3) is 0 Å². The number of benzene rings is 1. The maximum Gasteiger partial charge on any atom is 0.352 e. The topological polar surface area (TPSA) is 75.6 Å². The number of carbonyl (C=O) groups excluding carboxylic acids is 1. The van der Waals surface area contributed by atoms with Gasteiger partial charge in [0.1, 0.15) is 11.4 Å². The van der Waals surface area contributed by atoms with E-state index in [0.717, 1.165) is 19.3 Å². The Kier molecular flexibility index (Phi) is 7.01. The van der Waals surface area contributed by atoms with Crippen molar-refractivity contribution in [2.24, 2.45) is 0 Å². The average Bonchev–Trinajstić information content (AvgIpc) is 2.43. The van der Waals surface area contributed by atoms with E-state index in [1.165, 1.54) is 13.0 Å². The minimum atomic E-state index is -1.18. The third-order valence-electron chi connectivity index (χ3n) is 2.73. The summed E-state index contributed by atoms with van der Waals surface area (Å²) in [5.41, 5.74) is 0.500. The van der Waals surface area contributed by atoms with Crippen molar-refractivity contribution in [2.75, 3.05) is 6.61 Å². The van der Waals surface area contributed by atoms with Gasteiger partial charge < -0.3 is 15.2 Å². The molecule has 21 heavy (non-hydrogen) atoms. The van der Waals surface area contributed by atoms with Gasteiger partial charge in [-0.15, -0.1) is 0 Å². The van der Waals surface area contributed by atoms with E-state index in [1.54, 1.807) is 18.2 Å². The maximum atomic E-state index is 11.1. The van der Waals surface area contributed by atoms with Crippen LogP contribution in [0.5, 0.6) is 5.75 Å². The number of aliphatic carboxylic acids is 1. The summed E-state index contributed by atoms with van der Waals surface area (Å²) < 4.78 is 5.61. The first-order valence-electron chi connectivity index (χ1n) is 6.98. The molecule has 0 spiro atoms. The summed E-state index contributed by atoms with van der Waals surface area (Å²) in [6.45, 7) is 4.03. The molecule has 0 aromatic heterocycles. The third kappa shape index (κ3) is 6.61. The normalized spacial score (nSPS) is 11.0. The van der Waals surface area contributed by atoms with E-state index >= 15 is 0 Å². The molecule has 0 fully saturated rings. The second kappa shape index (κ2) is 8.79. The third-order valence-corrected chi connectivity index (χ3v) is 2.73. The molecule has 1 aromatic rings. The average molecular weight is 291 g/mol. The Morgan fingerprint density at radius 2 is 2.10 bits per heavy atom. The number of carboxylic acid groups (broad SMARTS) is 1. The molecule has 114 valence electrons. The number of carboxylic acids is 1. The molecular formula is C16H21NO4. The van der Waals surface area contributed by atoms with Gasteiger partial charge in [-0.05, 0) is 30.2 Å². The molecule has 0 aliphatic heterocycles. The second-order valence-electron chi connectivity index (χ2n) is 4.67. The zero-order valence-corrected chi connectivity index (χ0v) is 12.4. The minimum Gasteiger partial charge on any atom is -0.494 e. The summed E-state index contributed by atoms with van der Waals surface area (Å²) in [5, 5.41) is 11.3. The van der Waals surface area contributed by atoms with Crippen molar-refractivity contribution in [3.63, 3.8) is 0 Å². The van der Waals surface area contributed by atoms with Gasteiger partial charge in [-0.25, -0.2) is 4.79 Å². The van der Waals surface area contributed by atoms with Crippen molar-refractivity contribution >= 4 is 18.0 Å². The predicted octanol–water partition coefficient (Wildman–Crippen LogP) is 2.82. The van der Waals surface area contributed by atoms with Crippen molar-refractivity contribution < 1.29 is 19.4 Å². The summed E-state index contributed by atoms with van der Waals surface area (Å²) in [4.78, 5) is 22.0. The summed E-state index contributed by atoms with van der Waals surface area (Å²) in [5.74, 6) is -0.914. The van der Waals surface area contributed by atoms with Gasteiger partial charge in [-0.3, -0.25) is 4.79 Å². The summed E-state index contributed by atoms with van der Waals surface area (Å²) in [6, 6.07) is 7.11. The van der Waals surface area contributed by atoms with E-state index < -0.39 is 11.9 Å². The van der Waals surface area contributed by atoms with Crippen LogP contribution in [0, 0.1) is 0 Å². The van der Waals surface area contributed by atoms with Crippen LogP contribution >= 0.6 is 0 Å². The summed E-state index contributed by atoms with van der Waals surface area (Å²) in [6.07, 6.45) is 4.64. The number of hydrogen-bond acceptors (Lipinski definition) is 3. The van der Waals surface area contributed by atoms with Crippen LogP contribution < -0.4 is 10.1 Å². The van der Waals surface area contributed by atoms with Crippen molar-refractivity contribution in [3.8, 4) is 5.75 Å². The Balaban J connectivity index is 2.77. The number of hydrogen-bond donors (Lipinski definition) is 2. The fourth-order valence-corrected chi connectivity index (χ4v) is 1.74. The van der Waals surface area contributed by atoms with Gasteiger partial charge in [0.2, 0.25) is 5.91 Å². The number of rotatable bonds is 8. The summed E-state index contributed by atoms with van der Waals surface area (Å²) >= 11 is 0. The van der Waals surface area contributed by atoms with E-state index in [4.69, 9.17) is 9.84 Å². The van der Waals surface area contributed by atoms with Crippen LogP contribution in [-0.2, 0) is 9.59 Å². The van der Waals surface area contributed by atoms with Crippen LogP contribution in [0.2, 0.25) is 0 Å². The van der Waals surface area contributed by atoms with Gasteiger partial charge in [0.15, 0.2) is 0 Å². The monoisotopic (exact) mass is 291 g/mol. The summed E-state index contributed by atoms with van der Waals surface area (Å²) in [7, 11) is 0. The lowest BCUT2D eigenvalue weighted by molar-refractivity contribution is -0.134. The number of carbonyl (C=O) groups is 2. The minimum absolute atomic E-state index is 0.161. The first kappa shape index (κ1) is 16.8. The van der Waals surface area contributed by atoms with Crippen molar-refractivity contribution in [2.45, 2.75) is 33.1 Å². The molecule has 1 rings (SSSR count). The molecule has 0 radical (unpaired) electrons. The first-order valence-corrected chi connectivity index (χ1v) is 6.98. The SMILES string of the molecule is CCCCCOc1cccc(/C=C(\NC(C)=O)C(=O)O)c1. The fraction of sp³-hybridized carbons (Fsp3) is 0.375. The molecule has 5 nitrogen and oxygen atoms in total. The molecule has 1 amide bonds. The van der Waals surface area contributed by atoms with Crippen molar-refractivity contribution in [1.29, 1.82) is 0 Å². The molecule has 0 heterocycles.